The smallest absolute Gasteiger partial charge is 0.237 e. The second kappa shape index (κ2) is 5.93. The molecule has 0 saturated heterocycles. The summed E-state index contributed by atoms with van der Waals surface area (Å²) in [4.78, 5) is 12.0. The molecular formula is C16H22N2O3. The summed E-state index contributed by atoms with van der Waals surface area (Å²) in [5, 5.41) is 6.34. The van der Waals surface area contributed by atoms with Crippen molar-refractivity contribution in [2.24, 2.45) is 0 Å². The lowest BCUT2D eigenvalue weighted by Gasteiger charge is -2.23. The lowest BCUT2D eigenvalue weighted by atomic mass is 10.1. The Kier molecular flexibility index (Phi) is 4.01. The minimum atomic E-state index is -0.214. The molecule has 0 aromatic heterocycles. The van der Waals surface area contributed by atoms with Gasteiger partial charge in [-0.15, -0.1) is 0 Å². The number of hydrogen-bond acceptors (Lipinski definition) is 4. The maximum Gasteiger partial charge on any atom is 0.237 e. The molecule has 1 aromatic rings. The van der Waals surface area contributed by atoms with Crippen LogP contribution >= 0.6 is 0 Å². The van der Waals surface area contributed by atoms with Gasteiger partial charge in [0.25, 0.3) is 0 Å². The Labute approximate surface area is 125 Å². The van der Waals surface area contributed by atoms with Crippen molar-refractivity contribution in [3.63, 3.8) is 0 Å². The molecule has 0 bridgehead atoms. The number of fused-ring (bicyclic) bond motifs is 1. The van der Waals surface area contributed by atoms with Gasteiger partial charge < -0.3 is 14.8 Å². The summed E-state index contributed by atoms with van der Waals surface area (Å²) < 4.78 is 11.1. The van der Waals surface area contributed by atoms with Crippen molar-refractivity contribution in [2.75, 3.05) is 13.2 Å². The van der Waals surface area contributed by atoms with Crippen LogP contribution < -0.4 is 20.1 Å². The SMILES string of the molecule is CC(NC(C)c1ccc2c(c1)OCCO2)C(=O)NC1CC1. The average Bonchev–Trinajstić information content (AvgIpc) is 3.30. The molecule has 1 aliphatic carbocycles. The molecule has 1 heterocycles. The summed E-state index contributed by atoms with van der Waals surface area (Å²) in [5.74, 6) is 1.64. The van der Waals surface area contributed by atoms with Crippen LogP contribution in [0, 0.1) is 0 Å². The van der Waals surface area contributed by atoms with Crippen LogP contribution in [-0.2, 0) is 4.79 Å². The number of amides is 1. The largest absolute Gasteiger partial charge is 0.486 e. The zero-order valence-electron chi connectivity index (χ0n) is 12.5. The predicted octanol–water partition coefficient (Wildman–Crippen LogP) is 1.78. The van der Waals surface area contributed by atoms with Gasteiger partial charge in [0, 0.05) is 12.1 Å². The highest BCUT2D eigenvalue weighted by Crippen LogP contribution is 2.32. The van der Waals surface area contributed by atoms with Gasteiger partial charge in [0.2, 0.25) is 5.91 Å². The van der Waals surface area contributed by atoms with Gasteiger partial charge in [-0.25, -0.2) is 0 Å². The summed E-state index contributed by atoms with van der Waals surface area (Å²) >= 11 is 0. The Morgan fingerprint density at radius 2 is 1.90 bits per heavy atom. The fourth-order valence-corrected chi connectivity index (χ4v) is 2.43. The molecule has 21 heavy (non-hydrogen) atoms. The standard InChI is InChI=1S/C16H22N2O3/c1-10(17-11(2)16(19)18-13-4-5-13)12-3-6-14-15(9-12)21-8-7-20-14/h3,6,9-11,13,17H,4-5,7-8H2,1-2H3,(H,18,19). The maximum absolute atomic E-state index is 12.0. The third-order valence-electron chi connectivity index (χ3n) is 3.88. The Morgan fingerprint density at radius 1 is 1.19 bits per heavy atom. The highest BCUT2D eigenvalue weighted by atomic mass is 16.6. The summed E-state index contributed by atoms with van der Waals surface area (Å²) in [5.41, 5.74) is 1.09. The fraction of sp³-hybridized carbons (Fsp3) is 0.562. The predicted molar refractivity (Wildman–Crippen MR) is 79.6 cm³/mol. The molecular weight excluding hydrogens is 268 g/mol. The minimum Gasteiger partial charge on any atom is -0.486 e. The highest BCUT2D eigenvalue weighted by Gasteiger charge is 2.26. The summed E-state index contributed by atoms with van der Waals surface area (Å²) in [6, 6.07) is 6.17. The van der Waals surface area contributed by atoms with Crippen LogP contribution in [0.25, 0.3) is 0 Å². The van der Waals surface area contributed by atoms with Crippen LogP contribution in [0.3, 0.4) is 0 Å². The monoisotopic (exact) mass is 290 g/mol. The minimum absolute atomic E-state index is 0.0702. The van der Waals surface area contributed by atoms with E-state index in [0.717, 1.165) is 29.9 Å². The molecule has 1 aromatic carbocycles. The van der Waals surface area contributed by atoms with Gasteiger partial charge >= 0.3 is 0 Å². The Balaban J connectivity index is 1.61. The number of hydrogen-bond donors (Lipinski definition) is 2. The molecule has 5 heteroatoms. The van der Waals surface area contributed by atoms with E-state index in [1.807, 2.05) is 32.0 Å². The molecule has 3 rings (SSSR count). The Bertz CT molecular complexity index is 528. The summed E-state index contributed by atoms with van der Waals surface area (Å²) in [6.45, 7) is 5.12. The van der Waals surface area contributed by atoms with Crippen LogP contribution in [0.5, 0.6) is 11.5 Å². The third-order valence-corrected chi connectivity index (χ3v) is 3.88. The molecule has 1 aliphatic heterocycles. The van der Waals surface area contributed by atoms with Crippen molar-refractivity contribution in [1.82, 2.24) is 10.6 Å². The van der Waals surface area contributed by atoms with E-state index in [2.05, 4.69) is 10.6 Å². The lowest BCUT2D eigenvalue weighted by Crippen LogP contribution is -2.43. The van der Waals surface area contributed by atoms with Crippen LogP contribution in [0.4, 0.5) is 0 Å². The van der Waals surface area contributed by atoms with E-state index in [-0.39, 0.29) is 18.0 Å². The number of nitrogens with one attached hydrogen (secondary N) is 2. The van der Waals surface area contributed by atoms with E-state index in [9.17, 15) is 4.79 Å². The molecule has 2 atom stereocenters. The molecule has 5 nitrogen and oxygen atoms in total. The van der Waals surface area contributed by atoms with Crippen molar-refractivity contribution in [1.29, 1.82) is 0 Å². The lowest BCUT2D eigenvalue weighted by molar-refractivity contribution is -0.123. The third kappa shape index (κ3) is 3.47. The van der Waals surface area contributed by atoms with E-state index < -0.39 is 0 Å². The molecule has 2 N–H and O–H groups in total. The topological polar surface area (TPSA) is 59.6 Å². The van der Waals surface area contributed by atoms with Gasteiger partial charge in [0.1, 0.15) is 13.2 Å². The normalized spacial score (nSPS) is 19.7. The van der Waals surface area contributed by atoms with Crippen molar-refractivity contribution < 1.29 is 14.3 Å². The molecule has 2 aliphatic rings. The first-order valence-corrected chi connectivity index (χ1v) is 7.59. The van der Waals surface area contributed by atoms with E-state index in [1.165, 1.54) is 0 Å². The van der Waals surface area contributed by atoms with E-state index in [1.54, 1.807) is 0 Å². The quantitative estimate of drug-likeness (QED) is 0.868. The van der Waals surface area contributed by atoms with E-state index >= 15 is 0 Å². The molecule has 114 valence electrons. The number of carbonyl (C=O) groups excluding carboxylic acids is 1. The average molecular weight is 290 g/mol. The van der Waals surface area contributed by atoms with Crippen molar-refractivity contribution in [2.45, 2.75) is 44.8 Å². The zero-order chi connectivity index (χ0) is 14.8. The van der Waals surface area contributed by atoms with Crippen molar-refractivity contribution in [3.05, 3.63) is 23.8 Å². The number of benzene rings is 1. The molecule has 2 unspecified atom stereocenters. The van der Waals surface area contributed by atoms with E-state index in [0.29, 0.717) is 19.3 Å². The maximum atomic E-state index is 12.0. The first-order valence-electron chi connectivity index (χ1n) is 7.59. The van der Waals surface area contributed by atoms with Crippen molar-refractivity contribution in [3.8, 4) is 11.5 Å². The summed E-state index contributed by atoms with van der Waals surface area (Å²) in [6.07, 6.45) is 2.21. The van der Waals surface area contributed by atoms with Gasteiger partial charge in [-0.3, -0.25) is 10.1 Å². The van der Waals surface area contributed by atoms with Crippen LogP contribution in [0.15, 0.2) is 18.2 Å². The molecule has 0 spiro atoms. The first kappa shape index (κ1) is 14.2. The van der Waals surface area contributed by atoms with Gasteiger partial charge in [0.05, 0.1) is 6.04 Å². The Hall–Kier alpha value is -1.75. The van der Waals surface area contributed by atoms with Crippen molar-refractivity contribution >= 4 is 5.91 Å². The van der Waals surface area contributed by atoms with Gasteiger partial charge in [0.15, 0.2) is 11.5 Å². The van der Waals surface area contributed by atoms with Crippen LogP contribution in [0.1, 0.15) is 38.3 Å². The number of rotatable bonds is 5. The second-order valence-corrected chi connectivity index (χ2v) is 5.80. The van der Waals surface area contributed by atoms with Gasteiger partial charge in [-0.1, -0.05) is 6.07 Å². The Morgan fingerprint density at radius 3 is 2.62 bits per heavy atom. The highest BCUT2D eigenvalue weighted by molar-refractivity contribution is 5.81. The molecule has 1 saturated carbocycles. The molecule has 0 radical (unpaired) electrons. The second-order valence-electron chi connectivity index (χ2n) is 5.80. The molecule has 1 amide bonds. The number of ether oxygens (including phenoxy) is 2. The van der Waals surface area contributed by atoms with Crippen LogP contribution in [0.2, 0.25) is 0 Å². The number of carbonyl (C=O) groups is 1. The first-order chi connectivity index (χ1) is 10.1. The van der Waals surface area contributed by atoms with Gasteiger partial charge in [-0.05, 0) is 44.4 Å². The van der Waals surface area contributed by atoms with Gasteiger partial charge in [-0.2, -0.15) is 0 Å². The fourth-order valence-electron chi connectivity index (χ4n) is 2.43. The molecule has 1 fully saturated rings. The summed E-state index contributed by atoms with van der Waals surface area (Å²) in [7, 11) is 0. The van der Waals surface area contributed by atoms with Crippen LogP contribution in [-0.4, -0.2) is 31.2 Å². The van der Waals surface area contributed by atoms with E-state index in [4.69, 9.17) is 9.47 Å². The zero-order valence-corrected chi connectivity index (χ0v) is 12.5.